The van der Waals surface area contributed by atoms with Crippen molar-refractivity contribution in [2.75, 3.05) is 20.3 Å². The molecule has 3 aromatic rings. The maximum Gasteiger partial charge on any atom is 0.346 e. The van der Waals surface area contributed by atoms with Crippen molar-refractivity contribution < 1.29 is 13.2 Å². The van der Waals surface area contributed by atoms with Crippen LogP contribution in [0.2, 0.25) is 0 Å². The Morgan fingerprint density at radius 3 is 2.63 bits per heavy atom. The Hall–Kier alpha value is -2.76. The van der Waals surface area contributed by atoms with E-state index in [4.69, 9.17) is 4.74 Å². The Bertz CT molecular complexity index is 1180. The summed E-state index contributed by atoms with van der Waals surface area (Å²) in [5.41, 5.74) is 0.479. The van der Waals surface area contributed by atoms with E-state index in [0.29, 0.717) is 25.5 Å². The summed E-state index contributed by atoms with van der Waals surface area (Å²) in [5.74, 6) is 0.403. The SMILES string of the molecule is CCn1cc(S(=O)(=O)N2CCn3c(nn(CCOC)c3=O)C2c2ccccc2)cn1. The summed E-state index contributed by atoms with van der Waals surface area (Å²) in [6.45, 7) is 3.48. The molecule has 10 nitrogen and oxygen atoms in total. The average Bonchev–Trinajstić information content (AvgIpc) is 3.37. The molecule has 0 amide bonds. The molecule has 0 saturated heterocycles. The summed E-state index contributed by atoms with van der Waals surface area (Å²) >= 11 is 0. The maximum absolute atomic E-state index is 13.5. The van der Waals surface area contributed by atoms with Gasteiger partial charge in [-0.15, -0.1) is 0 Å². The first-order valence-electron chi connectivity index (χ1n) is 9.73. The van der Waals surface area contributed by atoms with Gasteiger partial charge in [0.15, 0.2) is 5.82 Å². The molecule has 0 bridgehead atoms. The molecule has 1 atom stereocenters. The lowest BCUT2D eigenvalue weighted by Gasteiger charge is -2.34. The number of aryl methyl sites for hydroxylation is 1. The van der Waals surface area contributed by atoms with Crippen LogP contribution in [-0.2, 0) is 34.4 Å². The van der Waals surface area contributed by atoms with E-state index in [1.54, 1.807) is 16.4 Å². The van der Waals surface area contributed by atoms with Crippen LogP contribution in [0.15, 0.2) is 52.4 Å². The highest BCUT2D eigenvalue weighted by atomic mass is 32.2. The Morgan fingerprint density at radius 2 is 1.97 bits per heavy atom. The predicted molar refractivity (Wildman–Crippen MR) is 108 cm³/mol. The molecule has 0 spiro atoms. The van der Waals surface area contributed by atoms with Crippen molar-refractivity contribution in [2.45, 2.75) is 37.5 Å². The van der Waals surface area contributed by atoms with Crippen LogP contribution in [0.5, 0.6) is 0 Å². The molecule has 1 aliphatic rings. The monoisotopic (exact) mass is 432 g/mol. The van der Waals surface area contributed by atoms with E-state index < -0.39 is 16.1 Å². The molecule has 0 radical (unpaired) electrons. The van der Waals surface area contributed by atoms with Crippen molar-refractivity contribution in [2.24, 2.45) is 0 Å². The van der Waals surface area contributed by atoms with Crippen molar-refractivity contribution in [3.05, 3.63) is 64.6 Å². The second-order valence-corrected chi connectivity index (χ2v) is 8.86. The highest BCUT2D eigenvalue weighted by Gasteiger charge is 2.40. The Morgan fingerprint density at radius 1 is 1.20 bits per heavy atom. The number of aromatic nitrogens is 5. The first-order valence-corrected chi connectivity index (χ1v) is 11.2. The van der Waals surface area contributed by atoms with Crippen LogP contribution in [0, 0.1) is 0 Å². The lowest BCUT2D eigenvalue weighted by atomic mass is 10.1. The van der Waals surface area contributed by atoms with Gasteiger partial charge in [-0.2, -0.15) is 14.5 Å². The number of hydrogen-bond acceptors (Lipinski definition) is 6. The first-order chi connectivity index (χ1) is 14.5. The Labute approximate surface area is 174 Å². The maximum atomic E-state index is 13.5. The third-order valence-electron chi connectivity index (χ3n) is 5.19. The zero-order valence-electron chi connectivity index (χ0n) is 16.9. The van der Waals surface area contributed by atoms with E-state index >= 15 is 0 Å². The minimum absolute atomic E-state index is 0.125. The van der Waals surface area contributed by atoms with Crippen LogP contribution in [0.25, 0.3) is 0 Å². The molecule has 160 valence electrons. The molecule has 30 heavy (non-hydrogen) atoms. The van der Waals surface area contributed by atoms with Crippen LogP contribution in [0.1, 0.15) is 24.4 Å². The zero-order valence-corrected chi connectivity index (χ0v) is 17.7. The molecule has 1 aromatic carbocycles. The van der Waals surface area contributed by atoms with Crippen LogP contribution in [-0.4, -0.2) is 57.1 Å². The third-order valence-corrected chi connectivity index (χ3v) is 7.01. The molecule has 0 aliphatic carbocycles. The average molecular weight is 433 g/mol. The zero-order chi connectivity index (χ0) is 21.3. The summed E-state index contributed by atoms with van der Waals surface area (Å²) in [7, 11) is -2.30. The lowest BCUT2D eigenvalue weighted by molar-refractivity contribution is 0.182. The van der Waals surface area contributed by atoms with E-state index in [-0.39, 0.29) is 23.7 Å². The molecule has 0 N–H and O–H groups in total. The van der Waals surface area contributed by atoms with E-state index in [1.807, 2.05) is 37.3 Å². The van der Waals surface area contributed by atoms with Gasteiger partial charge in [0.2, 0.25) is 10.0 Å². The first kappa shape index (κ1) is 20.5. The summed E-state index contributed by atoms with van der Waals surface area (Å²) in [4.78, 5) is 12.9. The van der Waals surface area contributed by atoms with Crippen molar-refractivity contribution in [3.8, 4) is 0 Å². The van der Waals surface area contributed by atoms with Gasteiger partial charge in [0, 0.05) is 32.9 Å². The van der Waals surface area contributed by atoms with Gasteiger partial charge in [0.1, 0.15) is 10.9 Å². The molecule has 2 aromatic heterocycles. The summed E-state index contributed by atoms with van der Waals surface area (Å²) < 4.78 is 37.9. The number of hydrogen-bond donors (Lipinski definition) is 0. The predicted octanol–water partition coefficient (Wildman–Crippen LogP) is 0.702. The van der Waals surface area contributed by atoms with Gasteiger partial charge < -0.3 is 4.74 Å². The minimum Gasteiger partial charge on any atom is -0.383 e. The van der Waals surface area contributed by atoms with Crippen LogP contribution in [0.4, 0.5) is 0 Å². The quantitative estimate of drug-likeness (QED) is 0.544. The van der Waals surface area contributed by atoms with Gasteiger partial charge >= 0.3 is 5.69 Å². The van der Waals surface area contributed by atoms with Crippen LogP contribution in [0.3, 0.4) is 0 Å². The van der Waals surface area contributed by atoms with Gasteiger partial charge in [-0.05, 0) is 12.5 Å². The molecule has 1 unspecified atom stereocenters. The van der Waals surface area contributed by atoms with Crippen molar-refractivity contribution >= 4 is 10.0 Å². The van der Waals surface area contributed by atoms with Gasteiger partial charge in [0.05, 0.1) is 19.3 Å². The van der Waals surface area contributed by atoms with Crippen LogP contribution < -0.4 is 5.69 Å². The fraction of sp³-hybridized carbons (Fsp3) is 0.421. The number of benzene rings is 1. The fourth-order valence-electron chi connectivity index (χ4n) is 3.65. The second kappa shape index (κ2) is 8.17. The minimum atomic E-state index is -3.85. The van der Waals surface area contributed by atoms with Crippen molar-refractivity contribution in [3.63, 3.8) is 0 Å². The largest absolute Gasteiger partial charge is 0.383 e. The number of rotatable bonds is 7. The number of methoxy groups -OCH3 is 1. The van der Waals surface area contributed by atoms with Crippen molar-refractivity contribution in [1.82, 2.24) is 28.4 Å². The Kier molecular flexibility index (Phi) is 5.58. The standard InChI is InChI=1S/C19H24N6O4S/c1-3-22-14-16(13-20-22)30(27,28)25-10-9-23-18(17(25)15-7-5-4-6-8-15)21-24(19(23)26)11-12-29-2/h4-8,13-14,17H,3,9-12H2,1-2H3. The third kappa shape index (κ3) is 3.48. The number of ether oxygens (including phenoxy) is 1. The molecule has 0 saturated carbocycles. The highest BCUT2D eigenvalue weighted by molar-refractivity contribution is 7.89. The topological polar surface area (TPSA) is 104 Å². The van der Waals surface area contributed by atoms with Crippen molar-refractivity contribution in [1.29, 1.82) is 0 Å². The van der Waals surface area contributed by atoms with E-state index in [1.165, 1.54) is 21.4 Å². The fourth-order valence-corrected chi connectivity index (χ4v) is 5.17. The van der Waals surface area contributed by atoms with Gasteiger partial charge in [-0.3, -0.25) is 9.25 Å². The molecule has 3 heterocycles. The molecule has 0 fully saturated rings. The summed E-state index contributed by atoms with van der Waals surface area (Å²) in [6.07, 6.45) is 2.88. The van der Waals surface area contributed by atoms with E-state index in [2.05, 4.69) is 10.2 Å². The number of fused-ring (bicyclic) bond motifs is 1. The smallest absolute Gasteiger partial charge is 0.346 e. The van der Waals surface area contributed by atoms with Crippen LogP contribution >= 0.6 is 0 Å². The van der Waals surface area contributed by atoms with Gasteiger partial charge in [-0.1, -0.05) is 30.3 Å². The van der Waals surface area contributed by atoms with E-state index in [9.17, 15) is 13.2 Å². The molecule has 1 aliphatic heterocycles. The molecule has 4 rings (SSSR count). The number of nitrogens with zero attached hydrogens (tertiary/aromatic N) is 6. The normalized spacial score (nSPS) is 17.2. The van der Waals surface area contributed by atoms with Gasteiger partial charge in [0.25, 0.3) is 0 Å². The molecule has 11 heteroatoms. The molecular weight excluding hydrogens is 408 g/mol. The second-order valence-electron chi connectivity index (χ2n) is 6.97. The molecular formula is C19H24N6O4S. The number of sulfonamides is 1. The lowest BCUT2D eigenvalue weighted by Crippen LogP contribution is -2.44. The summed E-state index contributed by atoms with van der Waals surface area (Å²) in [6, 6.07) is 8.52. The Balaban J connectivity index is 1.83. The summed E-state index contributed by atoms with van der Waals surface area (Å²) in [5, 5.41) is 8.60. The highest BCUT2D eigenvalue weighted by Crippen LogP contribution is 2.34. The van der Waals surface area contributed by atoms with E-state index in [0.717, 1.165) is 5.56 Å². The van der Waals surface area contributed by atoms with Gasteiger partial charge in [-0.25, -0.2) is 17.9 Å².